The number of amides is 1. The van der Waals surface area contributed by atoms with E-state index in [0.717, 1.165) is 76.9 Å². The fourth-order valence-corrected chi connectivity index (χ4v) is 8.23. The Morgan fingerprint density at radius 2 is 1.93 bits per heavy atom. The molecule has 0 unspecified atom stereocenters. The molecule has 4 aromatic heterocycles. The molecule has 0 saturated carbocycles. The quantitative estimate of drug-likeness (QED) is 0.306. The van der Waals surface area contributed by atoms with Crippen molar-refractivity contribution in [1.82, 2.24) is 19.4 Å². The molecule has 5 aromatic rings. The van der Waals surface area contributed by atoms with E-state index >= 15 is 0 Å². The number of nitrogens with two attached hydrogens (primary N) is 1. The second-order valence-electron chi connectivity index (χ2n) is 11.2. The van der Waals surface area contributed by atoms with Crippen molar-refractivity contribution in [2.75, 3.05) is 29.4 Å². The third-order valence-electron chi connectivity index (χ3n) is 9.11. The number of halogens is 1. The van der Waals surface area contributed by atoms with Gasteiger partial charge in [-0.1, -0.05) is 29.4 Å². The lowest BCUT2D eigenvalue weighted by Crippen LogP contribution is -2.44. The summed E-state index contributed by atoms with van der Waals surface area (Å²) in [5, 5.41) is 0.605. The van der Waals surface area contributed by atoms with E-state index in [1.165, 1.54) is 11.1 Å². The summed E-state index contributed by atoms with van der Waals surface area (Å²) in [4.78, 5) is 32.6. The number of benzene rings is 1. The Kier molecular flexibility index (Phi) is 5.52. The number of nitrogens with zero attached hydrogens (tertiary/aromatic N) is 6. The van der Waals surface area contributed by atoms with Crippen molar-refractivity contribution >= 4 is 57.6 Å². The van der Waals surface area contributed by atoms with Gasteiger partial charge in [-0.25, -0.2) is 9.97 Å². The summed E-state index contributed by atoms with van der Waals surface area (Å²) in [6, 6.07) is 12.2. The van der Waals surface area contributed by atoms with Gasteiger partial charge in [0, 0.05) is 49.4 Å². The van der Waals surface area contributed by atoms with E-state index < -0.39 is 0 Å². The standard InChI is InChI=1S/C30H28ClN7OS/c31-26-20(37-12-2-5-25(37)39)3-1-4-22(26)40-23-6-7-24-35-28(21-17-34-29(23)38(21)24)36-13-9-30(10-14-36)15-18-8-11-33-16-19(18)27(30)32/h1,3-4,6-8,11,16-17,27H,2,5,9-10,12-15,32H2/t27-/m0/s1. The van der Waals surface area contributed by atoms with Crippen molar-refractivity contribution < 1.29 is 4.79 Å². The highest BCUT2D eigenvalue weighted by atomic mass is 35.5. The first kappa shape index (κ1) is 24.4. The maximum absolute atomic E-state index is 12.3. The van der Waals surface area contributed by atoms with Crippen molar-refractivity contribution in [2.45, 2.75) is 47.9 Å². The number of carbonyl (C=O) groups is 1. The molecule has 0 radical (unpaired) electrons. The van der Waals surface area contributed by atoms with Gasteiger partial charge in [0.25, 0.3) is 0 Å². The van der Waals surface area contributed by atoms with Gasteiger partial charge in [-0.3, -0.25) is 14.2 Å². The van der Waals surface area contributed by atoms with Gasteiger partial charge in [0.05, 0.1) is 21.8 Å². The maximum atomic E-state index is 12.3. The third kappa shape index (κ3) is 3.57. The average Bonchev–Trinajstić information content (AvgIpc) is 3.74. The van der Waals surface area contributed by atoms with Crippen molar-refractivity contribution in [2.24, 2.45) is 11.1 Å². The molecule has 2 N–H and O–H groups in total. The Hall–Kier alpha value is -3.40. The van der Waals surface area contributed by atoms with Crippen LogP contribution < -0.4 is 15.5 Å². The number of pyridine rings is 2. The first-order chi connectivity index (χ1) is 19.5. The molecule has 1 aromatic carbocycles. The molecule has 8 nitrogen and oxygen atoms in total. The van der Waals surface area contributed by atoms with E-state index in [0.29, 0.717) is 18.0 Å². The molecule has 6 heterocycles. The molecule has 2 aliphatic heterocycles. The van der Waals surface area contributed by atoms with Gasteiger partial charge in [-0.2, -0.15) is 0 Å². The van der Waals surface area contributed by atoms with Crippen molar-refractivity contribution in [3.63, 3.8) is 0 Å². The summed E-state index contributed by atoms with van der Waals surface area (Å²) in [6.07, 6.45) is 10.3. The molecular formula is C30H28ClN7OS. The molecule has 202 valence electrons. The molecular weight excluding hydrogens is 542 g/mol. The van der Waals surface area contributed by atoms with E-state index in [4.69, 9.17) is 27.3 Å². The fourth-order valence-electron chi connectivity index (χ4n) is 6.94. The Balaban J connectivity index is 1.07. The molecule has 1 spiro atoms. The van der Waals surface area contributed by atoms with Crippen LogP contribution in [0, 0.1) is 5.41 Å². The monoisotopic (exact) mass is 569 g/mol. The Morgan fingerprint density at radius 1 is 1.05 bits per heavy atom. The summed E-state index contributed by atoms with van der Waals surface area (Å²) in [5.74, 6) is 1.11. The zero-order valence-electron chi connectivity index (χ0n) is 21.9. The first-order valence-electron chi connectivity index (χ1n) is 13.8. The predicted molar refractivity (Wildman–Crippen MR) is 158 cm³/mol. The summed E-state index contributed by atoms with van der Waals surface area (Å²) >= 11 is 8.41. The summed E-state index contributed by atoms with van der Waals surface area (Å²) in [5.41, 5.74) is 13.0. The molecule has 1 atom stereocenters. The number of aromatic nitrogens is 4. The van der Waals surface area contributed by atoms with Crippen LogP contribution in [0.25, 0.3) is 16.8 Å². The van der Waals surface area contributed by atoms with Crippen LogP contribution >= 0.6 is 23.4 Å². The number of fused-ring (bicyclic) bond motifs is 1. The average molecular weight is 570 g/mol. The van der Waals surface area contributed by atoms with Crippen LogP contribution in [0.3, 0.4) is 0 Å². The van der Waals surface area contributed by atoms with Crippen LogP contribution in [0.15, 0.2) is 64.8 Å². The molecule has 0 bridgehead atoms. The fraction of sp³-hybridized carbons (Fsp3) is 0.333. The minimum atomic E-state index is 0.0382. The minimum absolute atomic E-state index is 0.0382. The lowest BCUT2D eigenvalue weighted by Gasteiger charge is -2.42. The van der Waals surface area contributed by atoms with E-state index in [-0.39, 0.29) is 17.4 Å². The smallest absolute Gasteiger partial charge is 0.227 e. The number of piperidine rings is 1. The summed E-state index contributed by atoms with van der Waals surface area (Å²) < 4.78 is 2.15. The van der Waals surface area contributed by atoms with Gasteiger partial charge < -0.3 is 15.5 Å². The normalized spacial score (nSPS) is 20.4. The molecule has 10 heteroatoms. The molecule has 1 amide bonds. The van der Waals surface area contributed by atoms with E-state index in [1.807, 2.05) is 36.8 Å². The zero-order chi connectivity index (χ0) is 27.0. The topological polar surface area (TPSA) is 92.6 Å². The van der Waals surface area contributed by atoms with Crippen LogP contribution in [0.2, 0.25) is 5.02 Å². The molecule has 40 heavy (non-hydrogen) atoms. The first-order valence-corrected chi connectivity index (χ1v) is 15.0. The number of carbonyl (C=O) groups excluding carboxylic acids is 1. The number of anilines is 2. The SMILES string of the molecule is N[C@H]1c2cnccc2CC12CCN(c1nc3ccc(Sc4cccc(N5CCCC5=O)c4Cl)c4ncc1n34)CC2. The van der Waals surface area contributed by atoms with Crippen LogP contribution in [-0.2, 0) is 11.2 Å². The minimum Gasteiger partial charge on any atom is -0.355 e. The summed E-state index contributed by atoms with van der Waals surface area (Å²) in [7, 11) is 0. The van der Waals surface area contributed by atoms with Crippen molar-refractivity contribution in [3.8, 4) is 0 Å². The van der Waals surface area contributed by atoms with Gasteiger partial charge in [-0.05, 0) is 72.6 Å². The largest absolute Gasteiger partial charge is 0.355 e. The van der Waals surface area contributed by atoms with Crippen molar-refractivity contribution in [1.29, 1.82) is 0 Å². The van der Waals surface area contributed by atoms with Gasteiger partial charge in [0.1, 0.15) is 11.2 Å². The Morgan fingerprint density at radius 3 is 2.73 bits per heavy atom. The maximum Gasteiger partial charge on any atom is 0.227 e. The Bertz CT molecular complexity index is 1780. The van der Waals surface area contributed by atoms with Crippen LogP contribution in [0.5, 0.6) is 0 Å². The van der Waals surface area contributed by atoms with Gasteiger partial charge in [0.2, 0.25) is 5.91 Å². The highest BCUT2D eigenvalue weighted by molar-refractivity contribution is 7.99. The molecule has 8 rings (SSSR count). The molecule has 1 aliphatic carbocycles. The second kappa shape index (κ2) is 9.06. The van der Waals surface area contributed by atoms with E-state index in [9.17, 15) is 4.79 Å². The van der Waals surface area contributed by atoms with Gasteiger partial charge >= 0.3 is 0 Å². The van der Waals surface area contributed by atoms with Crippen LogP contribution in [0.1, 0.15) is 42.9 Å². The van der Waals surface area contributed by atoms with Gasteiger partial charge in [-0.15, -0.1) is 0 Å². The summed E-state index contributed by atoms with van der Waals surface area (Å²) in [6.45, 7) is 2.53. The van der Waals surface area contributed by atoms with Crippen LogP contribution in [-0.4, -0.2) is 44.9 Å². The van der Waals surface area contributed by atoms with Gasteiger partial charge in [0.15, 0.2) is 11.5 Å². The molecule has 3 aliphatic rings. The number of imidazole rings is 2. The zero-order valence-corrected chi connectivity index (χ0v) is 23.5. The number of rotatable bonds is 4. The molecule has 2 fully saturated rings. The van der Waals surface area contributed by atoms with E-state index in [1.54, 1.807) is 16.7 Å². The van der Waals surface area contributed by atoms with Crippen molar-refractivity contribution in [3.05, 3.63) is 71.1 Å². The molecule has 2 saturated heterocycles. The second-order valence-corrected chi connectivity index (χ2v) is 12.7. The predicted octanol–water partition coefficient (Wildman–Crippen LogP) is 5.49. The van der Waals surface area contributed by atoms with E-state index in [2.05, 4.69) is 32.5 Å². The third-order valence-corrected chi connectivity index (χ3v) is 10.7. The lowest BCUT2D eigenvalue weighted by atomic mass is 9.73. The Labute approximate surface area is 240 Å². The highest BCUT2D eigenvalue weighted by Gasteiger charge is 2.46. The number of hydrogen-bond acceptors (Lipinski definition) is 7. The van der Waals surface area contributed by atoms with Crippen LogP contribution in [0.4, 0.5) is 11.5 Å². The highest BCUT2D eigenvalue weighted by Crippen LogP contribution is 2.51. The lowest BCUT2D eigenvalue weighted by molar-refractivity contribution is -0.117. The number of hydrogen-bond donors (Lipinski definition) is 1.